The van der Waals surface area contributed by atoms with Crippen molar-refractivity contribution in [3.05, 3.63) is 28.2 Å². The fourth-order valence-corrected chi connectivity index (χ4v) is 3.01. The van der Waals surface area contributed by atoms with Crippen molar-refractivity contribution >= 4 is 5.97 Å². The van der Waals surface area contributed by atoms with Gasteiger partial charge in [0.05, 0.1) is 6.20 Å². The first-order valence-electron chi connectivity index (χ1n) is 7.92. The van der Waals surface area contributed by atoms with E-state index in [1.807, 2.05) is 0 Å². The predicted octanol–water partition coefficient (Wildman–Crippen LogP) is 1.97. The first-order valence-corrected chi connectivity index (χ1v) is 7.92. The third-order valence-corrected chi connectivity index (χ3v) is 4.24. The highest BCUT2D eigenvalue weighted by Crippen LogP contribution is 2.19. The van der Waals surface area contributed by atoms with E-state index in [-0.39, 0.29) is 0 Å². The van der Waals surface area contributed by atoms with Crippen molar-refractivity contribution in [2.75, 3.05) is 13.1 Å². The first kappa shape index (κ1) is 16.5. The van der Waals surface area contributed by atoms with Crippen LogP contribution in [0.4, 0.5) is 0 Å². The van der Waals surface area contributed by atoms with E-state index in [2.05, 4.69) is 4.90 Å². The molecule has 2 N–H and O–H groups in total. The molecule has 1 aromatic rings. The standard InChI is InChI=1S/C16H24N2O4/c1-2-13(16(21)22)18-11-15(20)14(19)9-12(18)10-17-7-5-3-4-6-8-17/h9,11,13,20H,2-8,10H2,1H3,(H,21,22). The maximum Gasteiger partial charge on any atom is 0.326 e. The summed E-state index contributed by atoms with van der Waals surface area (Å²) in [5.41, 5.74) is 0.195. The lowest BCUT2D eigenvalue weighted by atomic mass is 10.2. The van der Waals surface area contributed by atoms with E-state index in [9.17, 15) is 19.8 Å². The van der Waals surface area contributed by atoms with E-state index in [0.29, 0.717) is 18.7 Å². The summed E-state index contributed by atoms with van der Waals surface area (Å²) in [5.74, 6) is -1.36. The van der Waals surface area contributed by atoms with Crippen LogP contribution in [-0.2, 0) is 11.3 Å². The van der Waals surface area contributed by atoms with Gasteiger partial charge in [0.25, 0.3) is 0 Å². The van der Waals surface area contributed by atoms with Gasteiger partial charge in [-0.05, 0) is 32.4 Å². The SMILES string of the molecule is CCC(C(=O)O)n1cc(O)c(=O)cc1CN1CCCCCC1. The van der Waals surface area contributed by atoms with Gasteiger partial charge in [-0.3, -0.25) is 9.69 Å². The van der Waals surface area contributed by atoms with Crippen LogP contribution in [0.15, 0.2) is 17.1 Å². The summed E-state index contributed by atoms with van der Waals surface area (Å²) in [6.07, 6.45) is 6.33. The molecule has 2 rings (SSSR count). The van der Waals surface area contributed by atoms with E-state index < -0.39 is 23.2 Å². The minimum atomic E-state index is -0.956. The summed E-state index contributed by atoms with van der Waals surface area (Å²) in [6, 6.07) is 0.597. The molecule has 1 fully saturated rings. The molecule has 0 radical (unpaired) electrons. The summed E-state index contributed by atoms with van der Waals surface area (Å²) in [6.45, 7) is 4.24. The van der Waals surface area contributed by atoms with Crippen molar-refractivity contribution in [1.29, 1.82) is 0 Å². The fourth-order valence-electron chi connectivity index (χ4n) is 3.01. The quantitative estimate of drug-likeness (QED) is 0.869. The molecule has 1 aromatic heterocycles. The molecule has 6 heteroatoms. The Balaban J connectivity index is 2.33. The Morgan fingerprint density at radius 3 is 2.45 bits per heavy atom. The summed E-state index contributed by atoms with van der Waals surface area (Å²) in [4.78, 5) is 25.4. The Labute approximate surface area is 130 Å². The molecular formula is C16H24N2O4. The summed E-state index contributed by atoms with van der Waals surface area (Å²) in [5, 5.41) is 19.0. The molecule has 0 saturated carbocycles. The Kier molecular flexibility index (Phi) is 5.60. The van der Waals surface area contributed by atoms with Crippen LogP contribution in [0, 0.1) is 0 Å². The van der Waals surface area contributed by atoms with Gasteiger partial charge in [-0.1, -0.05) is 19.8 Å². The van der Waals surface area contributed by atoms with Gasteiger partial charge in [0.15, 0.2) is 5.75 Å². The van der Waals surface area contributed by atoms with E-state index >= 15 is 0 Å². The molecule has 0 amide bonds. The summed E-state index contributed by atoms with van der Waals surface area (Å²) >= 11 is 0. The van der Waals surface area contributed by atoms with Crippen LogP contribution in [0.5, 0.6) is 5.75 Å². The molecule has 0 bridgehead atoms. The van der Waals surface area contributed by atoms with Crippen LogP contribution < -0.4 is 5.43 Å². The number of aromatic nitrogens is 1. The highest BCUT2D eigenvalue weighted by molar-refractivity contribution is 5.72. The van der Waals surface area contributed by atoms with Crippen molar-refractivity contribution in [3.63, 3.8) is 0 Å². The normalized spacial score (nSPS) is 17.9. The Hall–Kier alpha value is -1.82. The largest absolute Gasteiger partial charge is 0.503 e. The van der Waals surface area contributed by atoms with Gasteiger partial charge < -0.3 is 14.8 Å². The number of hydrogen-bond donors (Lipinski definition) is 2. The molecule has 1 aliphatic heterocycles. The third-order valence-electron chi connectivity index (χ3n) is 4.24. The Morgan fingerprint density at radius 1 is 1.27 bits per heavy atom. The number of pyridine rings is 1. The number of nitrogens with zero attached hydrogens (tertiary/aromatic N) is 2. The highest BCUT2D eigenvalue weighted by atomic mass is 16.4. The molecule has 22 heavy (non-hydrogen) atoms. The maximum absolute atomic E-state index is 11.8. The number of likely N-dealkylation sites (tertiary alicyclic amines) is 1. The number of carbonyl (C=O) groups is 1. The van der Waals surface area contributed by atoms with Gasteiger partial charge in [-0.15, -0.1) is 0 Å². The molecule has 122 valence electrons. The molecule has 1 unspecified atom stereocenters. The van der Waals surface area contributed by atoms with Crippen LogP contribution in [0.25, 0.3) is 0 Å². The Morgan fingerprint density at radius 2 is 1.91 bits per heavy atom. The van der Waals surface area contributed by atoms with Gasteiger partial charge in [-0.2, -0.15) is 0 Å². The molecule has 2 heterocycles. The predicted molar refractivity (Wildman–Crippen MR) is 83.1 cm³/mol. The maximum atomic E-state index is 11.8. The van der Waals surface area contributed by atoms with Crippen molar-refractivity contribution in [1.82, 2.24) is 9.47 Å². The molecular weight excluding hydrogens is 284 g/mol. The first-order chi connectivity index (χ1) is 10.5. The monoisotopic (exact) mass is 308 g/mol. The van der Waals surface area contributed by atoms with Crippen molar-refractivity contribution in [2.45, 2.75) is 51.6 Å². The highest BCUT2D eigenvalue weighted by Gasteiger charge is 2.21. The van der Waals surface area contributed by atoms with E-state index in [1.54, 1.807) is 6.92 Å². The van der Waals surface area contributed by atoms with Crippen molar-refractivity contribution in [3.8, 4) is 5.75 Å². The van der Waals surface area contributed by atoms with Gasteiger partial charge >= 0.3 is 5.97 Å². The van der Waals surface area contributed by atoms with E-state index in [0.717, 1.165) is 25.9 Å². The zero-order chi connectivity index (χ0) is 16.1. The molecule has 0 spiro atoms. The second kappa shape index (κ2) is 7.45. The van der Waals surface area contributed by atoms with Crippen LogP contribution >= 0.6 is 0 Å². The molecule has 1 atom stereocenters. The number of hydrogen-bond acceptors (Lipinski definition) is 4. The molecule has 6 nitrogen and oxygen atoms in total. The molecule has 0 aromatic carbocycles. The Bertz CT molecular complexity index is 574. The van der Waals surface area contributed by atoms with Crippen molar-refractivity contribution in [2.24, 2.45) is 0 Å². The van der Waals surface area contributed by atoms with E-state index in [1.165, 1.54) is 29.7 Å². The smallest absolute Gasteiger partial charge is 0.326 e. The van der Waals surface area contributed by atoms with Crippen molar-refractivity contribution < 1.29 is 15.0 Å². The molecule has 1 aliphatic rings. The number of carboxylic acid groups (broad SMARTS) is 1. The zero-order valence-electron chi connectivity index (χ0n) is 13.0. The molecule has 1 saturated heterocycles. The number of aliphatic carboxylic acids is 1. The molecule has 0 aliphatic carbocycles. The van der Waals surface area contributed by atoms with Gasteiger partial charge in [0, 0.05) is 18.3 Å². The number of carboxylic acids is 1. The summed E-state index contributed by atoms with van der Waals surface area (Å²) < 4.78 is 1.53. The lowest BCUT2D eigenvalue weighted by Crippen LogP contribution is -2.29. The number of aromatic hydroxyl groups is 1. The van der Waals surface area contributed by atoms with Crippen LogP contribution in [0.3, 0.4) is 0 Å². The fraction of sp³-hybridized carbons (Fsp3) is 0.625. The number of rotatable bonds is 5. The lowest BCUT2D eigenvalue weighted by molar-refractivity contribution is -0.141. The van der Waals surface area contributed by atoms with Gasteiger partial charge in [-0.25, -0.2) is 4.79 Å². The minimum absolute atomic E-state index is 0.393. The summed E-state index contributed by atoms with van der Waals surface area (Å²) in [7, 11) is 0. The zero-order valence-corrected chi connectivity index (χ0v) is 13.0. The topological polar surface area (TPSA) is 82.8 Å². The van der Waals surface area contributed by atoms with Crippen LogP contribution in [0.2, 0.25) is 0 Å². The average molecular weight is 308 g/mol. The van der Waals surface area contributed by atoms with Gasteiger partial charge in [0.1, 0.15) is 6.04 Å². The van der Waals surface area contributed by atoms with Crippen LogP contribution in [0.1, 0.15) is 50.8 Å². The second-order valence-electron chi connectivity index (χ2n) is 5.87. The van der Waals surface area contributed by atoms with Gasteiger partial charge in [0.2, 0.25) is 5.43 Å². The van der Waals surface area contributed by atoms with Crippen LogP contribution in [-0.4, -0.2) is 38.7 Å². The van der Waals surface area contributed by atoms with E-state index in [4.69, 9.17) is 0 Å². The average Bonchev–Trinajstić information content (AvgIpc) is 2.73. The third kappa shape index (κ3) is 3.88. The lowest BCUT2D eigenvalue weighted by Gasteiger charge is -2.25. The minimum Gasteiger partial charge on any atom is -0.503 e. The second-order valence-corrected chi connectivity index (χ2v) is 5.87.